The lowest BCUT2D eigenvalue weighted by molar-refractivity contribution is -0.154. The second-order valence-corrected chi connectivity index (χ2v) is 11.4. The van der Waals surface area contributed by atoms with E-state index < -0.39 is 18.1 Å². The molecule has 1 saturated heterocycles. The first kappa shape index (κ1) is 26.1. The second-order valence-electron chi connectivity index (χ2n) is 8.93. The molecule has 1 fully saturated rings. The van der Waals surface area contributed by atoms with Gasteiger partial charge in [-0.2, -0.15) is 0 Å². The minimum Gasteiger partial charge on any atom is -0.448 e. The molecule has 0 aromatic heterocycles. The Morgan fingerprint density at radius 1 is 0.974 bits per heavy atom. The van der Waals surface area contributed by atoms with Crippen LogP contribution < -0.4 is 5.32 Å². The van der Waals surface area contributed by atoms with Crippen molar-refractivity contribution in [2.45, 2.75) is 30.9 Å². The van der Waals surface area contributed by atoms with Crippen molar-refractivity contribution in [3.63, 3.8) is 0 Å². The Labute approximate surface area is 230 Å². The lowest BCUT2D eigenvalue weighted by atomic mass is 10.0. The van der Waals surface area contributed by atoms with Crippen molar-refractivity contribution >= 4 is 41.3 Å². The van der Waals surface area contributed by atoms with Gasteiger partial charge in [0.25, 0.3) is 5.91 Å². The van der Waals surface area contributed by atoms with E-state index in [2.05, 4.69) is 5.32 Å². The van der Waals surface area contributed by atoms with Crippen molar-refractivity contribution in [3.8, 4) is 0 Å². The number of ether oxygens (including phenoxy) is 1. The van der Waals surface area contributed by atoms with Crippen LogP contribution in [0.25, 0.3) is 0 Å². The lowest BCUT2D eigenvalue weighted by Gasteiger charge is -2.49. The van der Waals surface area contributed by atoms with Crippen molar-refractivity contribution in [2.75, 3.05) is 11.5 Å². The van der Waals surface area contributed by atoms with Crippen LogP contribution in [0.1, 0.15) is 29.7 Å². The van der Waals surface area contributed by atoms with Crippen LogP contribution in [-0.2, 0) is 25.5 Å². The average Bonchev–Trinajstić information content (AvgIpc) is 2.96. The zero-order valence-electron chi connectivity index (χ0n) is 20.9. The van der Waals surface area contributed by atoms with Crippen molar-refractivity contribution in [2.24, 2.45) is 0 Å². The van der Waals surface area contributed by atoms with E-state index in [0.717, 1.165) is 27.3 Å². The van der Waals surface area contributed by atoms with E-state index in [9.17, 15) is 14.4 Å². The smallest absolute Gasteiger partial charge is 0.356 e. The number of amides is 2. The number of fused-ring (bicyclic) bond motifs is 1. The van der Waals surface area contributed by atoms with Gasteiger partial charge in [-0.25, -0.2) is 4.79 Å². The molecule has 2 atom stereocenters. The van der Waals surface area contributed by atoms with Crippen molar-refractivity contribution < 1.29 is 19.1 Å². The molecule has 0 saturated carbocycles. The Bertz CT molecular complexity index is 1290. The molecule has 2 heterocycles. The molecule has 194 valence electrons. The van der Waals surface area contributed by atoms with Crippen molar-refractivity contribution in [1.82, 2.24) is 10.2 Å². The maximum Gasteiger partial charge on any atom is 0.356 e. The molecule has 1 N–H and O–H groups in total. The number of nitrogens with zero attached hydrogens (tertiary/aromatic N) is 1. The third kappa shape index (κ3) is 5.51. The molecule has 2 aliphatic heterocycles. The predicted octanol–water partition coefficient (Wildman–Crippen LogP) is 4.93. The highest BCUT2D eigenvalue weighted by atomic mass is 32.2. The van der Waals surface area contributed by atoms with Gasteiger partial charge in [0.05, 0.1) is 6.42 Å². The molecule has 0 bridgehead atoms. The van der Waals surface area contributed by atoms with Gasteiger partial charge in [-0.15, -0.1) is 23.5 Å². The van der Waals surface area contributed by atoms with Crippen LogP contribution in [0.5, 0.6) is 0 Å². The first-order valence-electron chi connectivity index (χ1n) is 12.5. The minimum atomic E-state index is -0.675. The fourth-order valence-corrected chi connectivity index (χ4v) is 7.02. The Balaban J connectivity index is 1.36. The van der Waals surface area contributed by atoms with Crippen molar-refractivity contribution in [3.05, 3.63) is 118 Å². The van der Waals surface area contributed by atoms with Gasteiger partial charge < -0.3 is 10.1 Å². The number of esters is 1. The fraction of sp³-hybridized carbons (Fsp3) is 0.233. The molecule has 8 heteroatoms. The Hall–Kier alpha value is -3.49. The Morgan fingerprint density at radius 2 is 1.55 bits per heavy atom. The first-order valence-corrected chi connectivity index (χ1v) is 14.5. The monoisotopic (exact) mass is 544 g/mol. The summed E-state index contributed by atoms with van der Waals surface area (Å²) in [6.45, 7) is 2.01. The minimum absolute atomic E-state index is 0.194. The standard InChI is InChI=1S/C30H28N2O4S2/c1-2-37-23-19-38-29-25(31-24(33)18-20-12-6-3-7-13-20)28(34)32(29)26(23)30(35)36-27(21-14-8-4-9-15-21)22-16-10-5-11-17-22/h3-17,25,27,29H,2,18-19H2,1H3,(H,31,33)/t25?,29-/m1/s1. The maximum atomic E-state index is 13.8. The van der Waals surface area contributed by atoms with Gasteiger partial charge in [0.2, 0.25) is 5.91 Å². The van der Waals surface area contributed by atoms with Crippen molar-refractivity contribution in [1.29, 1.82) is 0 Å². The molecule has 1 unspecified atom stereocenters. The number of β-lactam (4-membered cyclic amide) rings is 1. The molecule has 0 spiro atoms. The van der Waals surface area contributed by atoms with E-state index in [4.69, 9.17) is 4.74 Å². The van der Waals surface area contributed by atoms with E-state index in [1.807, 2.05) is 97.9 Å². The second kappa shape index (κ2) is 11.9. The highest BCUT2D eigenvalue weighted by molar-refractivity contribution is 8.06. The number of hydrogen-bond donors (Lipinski definition) is 1. The summed E-state index contributed by atoms with van der Waals surface area (Å²) >= 11 is 3.10. The molecule has 3 aromatic rings. The zero-order chi connectivity index (χ0) is 26.5. The van der Waals surface area contributed by atoms with Gasteiger partial charge in [-0.3, -0.25) is 14.5 Å². The Kier molecular flexibility index (Phi) is 8.20. The molecular weight excluding hydrogens is 516 g/mol. The molecular formula is C30H28N2O4S2. The topological polar surface area (TPSA) is 75.7 Å². The highest BCUT2D eigenvalue weighted by Crippen LogP contribution is 2.44. The summed E-state index contributed by atoms with van der Waals surface area (Å²) in [5, 5.41) is 2.53. The summed E-state index contributed by atoms with van der Waals surface area (Å²) in [4.78, 5) is 42.1. The van der Waals surface area contributed by atoms with Crippen LogP contribution in [0, 0.1) is 0 Å². The number of hydrogen-bond acceptors (Lipinski definition) is 6. The summed E-state index contributed by atoms with van der Waals surface area (Å²) in [5.41, 5.74) is 2.86. The van der Waals surface area contributed by atoms with Crippen LogP contribution in [0.3, 0.4) is 0 Å². The average molecular weight is 545 g/mol. The summed E-state index contributed by atoms with van der Waals surface area (Å²) < 4.78 is 6.13. The first-order chi connectivity index (χ1) is 18.6. The zero-order valence-corrected chi connectivity index (χ0v) is 22.5. The summed E-state index contributed by atoms with van der Waals surface area (Å²) in [5.74, 6) is 0.290. The largest absolute Gasteiger partial charge is 0.448 e. The van der Waals surface area contributed by atoms with E-state index in [1.54, 1.807) is 23.5 Å². The molecule has 3 aromatic carbocycles. The van der Waals surface area contributed by atoms with Gasteiger partial charge in [-0.05, 0) is 22.4 Å². The molecule has 38 heavy (non-hydrogen) atoms. The van der Waals surface area contributed by atoms with E-state index in [0.29, 0.717) is 5.75 Å². The quantitative estimate of drug-likeness (QED) is 0.304. The molecule has 2 aliphatic rings. The van der Waals surface area contributed by atoms with E-state index in [1.165, 1.54) is 4.90 Å². The van der Waals surface area contributed by atoms with E-state index in [-0.39, 0.29) is 29.3 Å². The van der Waals surface area contributed by atoms with Gasteiger partial charge >= 0.3 is 5.97 Å². The highest BCUT2D eigenvalue weighted by Gasteiger charge is 2.54. The third-order valence-electron chi connectivity index (χ3n) is 6.40. The summed E-state index contributed by atoms with van der Waals surface area (Å²) in [7, 11) is 0. The van der Waals surface area contributed by atoms with Gasteiger partial charge in [0, 0.05) is 10.7 Å². The fourth-order valence-electron chi connectivity index (χ4n) is 4.62. The summed E-state index contributed by atoms with van der Waals surface area (Å²) in [6.07, 6.45) is -0.421. The number of carbonyl (C=O) groups is 3. The number of thioether (sulfide) groups is 2. The molecule has 5 rings (SSSR count). The van der Waals surface area contributed by atoms with Gasteiger partial charge in [-0.1, -0.05) is 97.9 Å². The number of rotatable bonds is 9. The molecule has 6 nitrogen and oxygen atoms in total. The maximum absolute atomic E-state index is 13.8. The predicted molar refractivity (Wildman–Crippen MR) is 151 cm³/mol. The van der Waals surface area contributed by atoms with E-state index >= 15 is 0 Å². The van der Waals surface area contributed by atoms with Gasteiger partial charge in [0.15, 0.2) is 6.10 Å². The van der Waals surface area contributed by atoms with Crippen LogP contribution in [0.4, 0.5) is 0 Å². The molecule has 0 radical (unpaired) electrons. The molecule has 0 aliphatic carbocycles. The number of nitrogens with one attached hydrogen (secondary N) is 1. The van der Waals surface area contributed by atoms with Crippen LogP contribution >= 0.6 is 23.5 Å². The van der Waals surface area contributed by atoms with Crippen LogP contribution in [0.2, 0.25) is 0 Å². The molecule has 2 amide bonds. The number of benzene rings is 3. The SMILES string of the molecule is CCSC1=C(C(=O)OC(c2ccccc2)c2ccccc2)N2C(=O)C(NC(=O)Cc3ccccc3)[C@H]2SC1. The lowest BCUT2D eigenvalue weighted by Crippen LogP contribution is -2.70. The third-order valence-corrected chi connectivity index (χ3v) is 8.84. The number of carbonyl (C=O) groups excluding carboxylic acids is 3. The van der Waals surface area contributed by atoms with Crippen LogP contribution in [-0.4, -0.2) is 45.6 Å². The van der Waals surface area contributed by atoms with Gasteiger partial charge in [0.1, 0.15) is 17.1 Å². The Morgan fingerprint density at radius 3 is 2.13 bits per heavy atom. The summed E-state index contributed by atoms with van der Waals surface area (Å²) in [6, 6.07) is 27.9. The van der Waals surface area contributed by atoms with Crippen LogP contribution in [0.15, 0.2) is 102 Å². The normalized spacial score (nSPS) is 18.6.